The van der Waals surface area contributed by atoms with Crippen molar-refractivity contribution in [1.82, 2.24) is 14.3 Å². The van der Waals surface area contributed by atoms with Gasteiger partial charge in [-0.05, 0) is 50.2 Å². The summed E-state index contributed by atoms with van der Waals surface area (Å²) in [4.78, 5) is 25.2. The van der Waals surface area contributed by atoms with Crippen molar-refractivity contribution >= 4 is 11.8 Å². The Morgan fingerprint density at radius 2 is 1.94 bits per heavy atom. The molecule has 9 nitrogen and oxygen atoms in total. The Morgan fingerprint density at radius 3 is 2.74 bits per heavy atom. The van der Waals surface area contributed by atoms with E-state index in [1.165, 1.54) is 6.07 Å². The largest absolute Gasteiger partial charge is 0.486 e. The minimum Gasteiger partial charge on any atom is -0.486 e. The Labute approximate surface area is 201 Å². The summed E-state index contributed by atoms with van der Waals surface area (Å²) in [5, 5.41) is 4.10. The lowest BCUT2D eigenvalue weighted by Crippen LogP contribution is -2.33. The van der Waals surface area contributed by atoms with Crippen molar-refractivity contribution in [3.63, 3.8) is 0 Å². The van der Waals surface area contributed by atoms with Crippen molar-refractivity contribution in [2.45, 2.75) is 33.0 Å². The number of rotatable bonds is 8. The van der Waals surface area contributed by atoms with Gasteiger partial charge in [0.1, 0.15) is 12.4 Å². The molecule has 3 aromatic heterocycles. The van der Waals surface area contributed by atoms with E-state index in [2.05, 4.69) is 5.10 Å². The molecule has 0 N–H and O–H groups in total. The van der Waals surface area contributed by atoms with Gasteiger partial charge in [-0.1, -0.05) is 12.1 Å². The summed E-state index contributed by atoms with van der Waals surface area (Å²) in [6.45, 7) is 4.76. The van der Waals surface area contributed by atoms with E-state index >= 15 is 0 Å². The molecule has 1 unspecified atom stereocenters. The summed E-state index contributed by atoms with van der Waals surface area (Å²) < 4.78 is 26.3. The molecule has 9 heteroatoms. The Hall–Kier alpha value is -4.27. The van der Waals surface area contributed by atoms with Gasteiger partial charge >= 0.3 is 5.97 Å². The van der Waals surface area contributed by atoms with E-state index in [1.54, 1.807) is 35.3 Å². The first-order chi connectivity index (χ1) is 17.0. The molecule has 0 bridgehead atoms. The zero-order valence-electron chi connectivity index (χ0n) is 19.5. The predicted octanol–water partition coefficient (Wildman–Crippen LogP) is 3.82. The molecular formula is C26H25N3O6. The van der Waals surface area contributed by atoms with Crippen LogP contribution in [0, 0.1) is 13.8 Å². The minimum atomic E-state index is -0.690. The van der Waals surface area contributed by atoms with Crippen molar-refractivity contribution in [2.75, 3.05) is 13.2 Å². The van der Waals surface area contributed by atoms with Crippen LogP contribution in [0.15, 0.2) is 65.3 Å². The molecule has 180 valence electrons. The molecule has 4 heterocycles. The zero-order valence-corrected chi connectivity index (χ0v) is 19.5. The second kappa shape index (κ2) is 9.54. The van der Waals surface area contributed by atoms with Gasteiger partial charge < -0.3 is 23.2 Å². The number of para-hydroxylation sites is 2. The normalized spacial score (nSPS) is 14.6. The summed E-state index contributed by atoms with van der Waals surface area (Å²) in [5.74, 6) is 1.07. The highest BCUT2D eigenvalue weighted by Crippen LogP contribution is 2.31. The van der Waals surface area contributed by atoms with Crippen LogP contribution < -0.4 is 9.47 Å². The maximum atomic E-state index is 12.9. The number of hydrogen-bond acceptors (Lipinski definition) is 7. The fraction of sp³-hybridized carbons (Fsp3) is 0.269. The highest BCUT2D eigenvalue weighted by Gasteiger charge is 2.24. The molecule has 0 aliphatic carbocycles. The highest BCUT2D eigenvalue weighted by atomic mass is 16.6. The van der Waals surface area contributed by atoms with E-state index in [0.717, 1.165) is 17.1 Å². The molecule has 1 aliphatic heterocycles. The van der Waals surface area contributed by atoms with Crippen LogP contribution in [0.4, 0.5) is 0 Å². The van der Waals surface area contributed by atoms with Gasteiger partial charge in [-0.3, -0.25) is 9.48 Å². The SMILES string of the molecule is Cc1cc(C(=O)COC(=O)c2ccc(Cn3cccn3)o2)c(C)n1CC1COc2ccccc2O1. The number of nitrogens with zero attached hydrogens (tertiary/aromatic N) is 3. The molecule has 0 radical (unpaired) electrons. The highest BCUT2D eigenvalue weighted by molar-refractivity contribution is 6.00. The lowest BCUT2D eigenvalue weighted by Gasteiger charge is -2.27. The maximum absolute atomic E-state index is 12.9. The molecule has 35 heavy (non-hydrogen) atoms. The number of hydrogen-bond donors (Lipinski definition) is 0. The molecular weight excluding hydrogens is 450 g/mol. The second-order valence-electron chi connectivity index (χ2n) is 8.36. The van der Waals surface area contributed by atoms with Crippen molar-refractivity contribution < 1.29 is 28.2 Å². The number of aromatic nitrogens is 3. The van der Waals surface area contributed by atoms with Crippen LogP contribution in [0.1, 0.15) is 38.1 Å². The summed E-state index contributed by atoms with van der Waals surface area (Å²) >= 11 is 0. The van der Waals surface area contributed by atoms with Gasteiger partial charge in [0.05, 0.1) is 13.1 Å². The maximum Gasteiger partial charge on any atom is 0.374 e. The molecule has 1 aromatic carbocycles. The van der Waals surface area contributed by atoms with Gasteiger partial charge in [-0.25, -0.2) is 4.79 Å². The molecule has 5 rings (SSSR count). The molecule has 0 saturated heterocycles. The summed E-state index contributed by atoms with van der Waals surface area (Å²) in [6, 6.07) is 14.4. The number of furan rings is 1. The third kappa shape index (κ3) is 4.84. The monoisotopic (exact) mass is 475 g/mol. The van der Waals surface area contributed by atoms with E-state index in [4.69, 9.17) is 18.6 Å². The first-order valence-electron chi connectivity index (χ1n) is 11.3. The minimum absolute atomic E-state index is 0.0418. The summed E-state index contributed by atoms with van der Waals surface area (Å²) in [6.07, 6.45) is 3.27. The average molecular weight is 476 g/mol. The van der Waals surface area contributed by atoms with Crippen LogP contribution in [-0.4, -0.2) is 45.4 Å². The third-order valence-electron chi connectivity index (χ3n) is 5.90. The van der Waals surface area contributed by atoms with Crippen molar-refractivity contribution in [2.24, 2.45) is 0 Å². The van der Waals surface area contributed by atoms with E-state index in [-0.39, 0.29) is 24.3 Å². The number of carbonyl (C=O) groups is 2. The van der Waals surface area contributed by atoms with Gasteiger partial charge in [0.15, 0.2) is 24.2 Å². The van der Waals surface area contributed by atoms with Gasteiger partial charge in [0.25, 0.3) is 0 Å². The number of aryl methyl sites for hydroxylation is 1. The molecule has 4 aromatic rings. The molecule has 0 saturated carbocycles. The third-order valence-corrected chi connectivity index (χ3v) is 5.90. The number of ether oxygens (including phenoxy) is 3. The lowest BCUT2D eigenvalue weighted by atomic mass is 10.1. The number of carbonyl (C=O) groups excluding carboxylic acids is 2. The first-order valence-corrected chi connectivity index (χ1v) is 11.3. The van der Waals surface area contributed by atoms with Gasteiger partial charge in [-0.15, -0.1) is 0 Å². The summed E-state index contributed by atoms with van der Waals surface area (Å²) in [5.41, 5.74) is 2.20. The van der Waals surface area contributed by atoms with Crippen molar-refractivity contribution in [3.05, 3.63) is 89.4 Å². The standard InChI is InChI=1S/C26H25N3O6/c1-17-12-21(18(2)29(17)14-20-15-32-23-6-3-4-7-24(23)35-20)22(30)16-33-26(31)25-9-8-19(34-25)13-28-11-5-10-27-28/h3-12,20H,13-16H2,1-2H3. The number of ketones is 1. The smallest absolute Gasteiger partial charge is 0.374 e. The summed E-state index contributed by atoms with van der Waals surface area (Å²) in [7, 11) is 0. The fourth-order valence-electron chi connectivity index (χ4n) is 4.13. The molecule has 0 fully saturated rings. The molecule has 1 atom stereocenters. The quantitative estimate of drug-likeness (QED) is 0.282. The van der Waals surface area contributed by atoms with Crippen LogP contribution in [0.25, 0.3) is 0 Å². The second-order valence-corrected chi connectivity index (χ2v) is 8.36. The number of benzene rings is 1. The number of fused-ring (bicyclic) bond motifs is 1. The fourth-order valence-corrected chi connectivity index (χ4v) is 4.13. The van der Waals surface area contributed by atoms with Gasteiger partial charge in [0.2, 0.25) is 11.5 Å². The van der Waals surface area contributed by atoms with Gasteiger partial charge in [0, 0.05) is 29.3 Å². The number of Topliss-reactive ketones (excluding diaryl/α,β-unsaturated/α-hetero) is 1. The molecule has 0 spiro atoms. The van der Waals surface area contributed by atoms with E-state index in [0.29, 0.717) is 36.8 Å². The molecule has 0 amide bonds. The van der Waals surface area contributed by atoms with E-state index in [9.17, 15) is 9.59 Å². The predicted molar refractivity (Wildman–Crippen MR) is 125 cm³/mol. The Balaban J connectivity index is 1.19. The van der Waals surface area contributed by atoms with Crippen LogP contribution in [0.2, 0.25) is 0 Å². The average Bonchev–Trinajstić information content (AvgIpc) is 3.61. The van der Waals surface area contributed by atoms with Crippen LogP contribution in [0.5, 0.6) is 11.5 Å². The Morgan fingerprint density at radius 1 is 1.11 bits per heavy atom. The Kier molecular flexibility index (Phi) is 6.13. The van der Waals surface area contributed by atoms with Gasteiger partial charge in [-0.2, -0.15) is 5.10 Å². The van der Waals surface area contributed by atoms with Crippen LogP contribution in [-0.2, 0) is 17.8 Å². The zero-order chi connectivity index (χ0) is 24.4. The number of esters is 1. The van der Waals surface area contributed by atoms with Crippen LogP contribution >= 0.6 is 0 Å². The molecule has 1 aliphatic rings. The Bertz CT molecular complexity index is 1350. The van der Waals surface area contributed by atoms with E-state index < -0.39 is 5.97 Å². The van der Waals surface area contributed by atoms with Crippen molar-refractivity contribution in [3.8, 4) is 11.5 Å². The lowest BCUT2D eigenvalue weighted by molar-refractivity contribution is 0.0442. The first kappa shape index (κ1) is 22.5. The van der Waals surface area contributed by atoms with Crippen molar-refractivity contribution in [1.29, 1.82) is 0 Å². The van der Waals surface area contributed by atoms with Crippen LogP contribution in [0.3, 0.4) is 0 Å². The topological polar surface area (TPSA) is 97.7 Å². The van der Waals surface area contributed by atoms with E-state index in [1.807, 2.05) is 42.7 Å².